The first-order valence-corrected chi connectivity index (χ1v) is 8.22. The number of hydrogen-bond acceptors (Lipinski definition) is 3. The monoisotopic (exact) mass is 349 g/mol. The second kappa shape index (κ2) is 7.02. The Bertz CT molecular complexity index is 527. The maximum absolute atomic E-state index is 11.7. The predicted octanol–water partition coefficient (Wildman–Crippen LogP) is 2.29. The Morgan fingerprint density at radius 2 is 1.95 bits per heavy atom. The average Bonchev–Trinajstić information content (AvgIpc) is 2.28. The SMILES string of the molecule is CC(NS(=O)(=O)CCCC(=O)O)c1ccc(Br)cc1. The molecule has 7 heteroatoms. The Labute approximate surface area is 121 Å². The van der Waals surface area contributed by atoms with Gasteiger partial charge in [-0.1, -0.05) is 28.1 Å². The largest absolute Gasteiger partial charge is 0.481 e. The molecule has 1 aromatic rings. The molecule has 0 aliphatic carbocycles. The van der Waals surface area contributed by atoms with E-state index in [4.69, 9.17) is 5.11 Å². The highest BCUT2D eigenvalue weighted by molar-refractivity contribution is 9.10. The zero-order chi connectivity index (χ0) is 14.5. The van der Waals surface area contributed by atoms with Crippen molar-refractivity contribution in [1.29, 1.82) is 0 Å². The minimum atomic E-state index is -3.46. The van der Waals surface area contributed by atoms with Crippen LogP contribution in [0.1, 0.15) is 31.4 Å². The summed E-state index contributed by atoms with van der Waals surface area (Å²) in [6, 6.07) is 6.99. The van der Waals surface area contributed by atoms with Crippen LogP contribution in [0, 0.1) is 0 Å². The van der Waals surface area contributed by atoms with Crippen molar-refractivity contribution in [3.05, 3.63) is 34.3 Å². The standard InChI is InChI=1S/C12H16BrNO4S/c1-9(10-4-6-11(13)7-5-10)14-19(17,18)8-2-3-12(15)16/h4-7,9,14H,2-3,8H2,1H3,(H,15,16). The lowest BCUT2D eigenvalue weighted by molar-refractivity contribution is -0.137. The van der Waals surface area contributed by atoms with Gasteiger partial charge in [-0.2, -0.15) is 0 Å². The molecule has 0 saturated carbocycles. The van der Waals surface area contributed by atoms with Gasteiger partial charge in [-0.05, 0) is 31.0 Å². The van der Waals surface area contributed by atoms with Crippen molar-refractivity contribution in [2.75, 3.05) is 5.75 Å². The van der Waals surface area contributed by atoms with Crippen LogP contribution in [-0.4, -0.2) is 25.2 Å². The molecule has 1 atom stereocenters. The van der Waals surface area contributed by atoms with Crippen LogP contribution < -0.4 is 4.72 Å². The molecule has 1 aromatic carbocycles. The molecule has 0 aliphatic heterocycles. The van der Waals surface area contributed by atoms with Crippen LogP contribution in [0.25, 0.3) is 0 Å². The summed E-state index contributed by atoms with van der Waals surface area (Å²) in [5, 5.41) is 8.48. The first-order chi connectivity index (χ1) is 8.80. The third-order valence-corrected chi connectivity index (χ3v) is 4.60. The van der Waals surface area contributed by atoms with Crippen LogP contribution >= 0.6 is 15.9 Å². The molecular weight excluding hydrogens is 334 g/mol. The Balaban J connectivity index is 2.57. The number of aliphatic carboxylic acids is 1. The van der Waals surface area contributed by atoms with Crippen molar-refractivity contribution < 1.29 is 18.3 Å². The van der Waals surface area contributed by atoms with Crippen molar-refractivity contribution >= 4 is 31.9 Å². The Morgan fingerprint density at radius 1 is 1.37 bits per heavy atom. The number of hydrogen-bond donors (Lipinski definition) is 2. The van der Waals surface area contributed by atoms with Gasteiger partial charge in [0.15, 0.2) is 0 Å². The van der Waals surface area contributed by atoms with Crippen LogP contribution in [0.3, 0.4) is 0 Å². The number of sulfonamides is 1. The van der Waals surface area contributed by atoms with Crippen molar-refractivity contribution in [1.82, 2.24) is 4.72 Å². The molecule has 0 spiro atoms. The first kappa shape index (κ1) is 16.1. The fraction of sp³-hybridized carbons (Fsp3) is 0.417. The van der Waals surface area contributed by atoms with Gasteiger partial charge in [-0.3, -0.25) is 4.79 Å². The van der Waals surface area contributed by atoms with Crippen LogP contribution in [0.15, 0.2) is 28.7 Å². The molecule has 0 fully saturated rings. The molecule has 0 bridgehead atoms. The predicted molar refractivity (Wildman–Crippen MR) is 76.3 cm³/mol. The van der Waals surface area contributed by atoms with Crippen molar-refractivity contribution in [3.63, 3.8) is 0 Å². The van der Waals surface area contributed by atoms with Gasteiger partial charge in [-0.25, -0.2) is 13.1 Å². The second-order valence-corrected chi connectivity index (χ2v) is 7.00. The number of carboxylic acids is 1. The molecule has 5 nitrogen and oxygen atoms in total. The molecule has 0 aromatic heterocycles. The van der Waals surface area contributed by atoms with E-state index in [1.165, 1.54) is 0 Å². The lowest BCUT2D eigenvalue weighted by atomic mass is 10.1. The molecule has 1 unspecified atom stereocenters. The molecule has 106 valence electrons. The van der Waals surface area contributed by atoms with E-state index in [1.54, 1.807) is 6.92 Å². The van der Waals surface area contributed by atoms with Gasteiger partial charge in [0.25, 0.3) is 0 Å². The lowest BCUT2D eigenvalue weighted by Gasteiger charge is -2.14. The number of benzene rings is 1. The van der Waals surface area contributed by atoms with Gasteiger partial charge in [0.1, 0.15) is 0 Å². The van der Waals surface area contributed by atoms with Gasteiger partial charge in [0.2, 0.25) is 10.0 Å². The molecular formula is C12H16BrNO4S. The molecule has 0 radical (unpaired) electrons. The maximum atomic E-state index is 11.7. The van der Waals surface area contributed by atoms with E-state index in [0.717, 1.165) is 10.0 Å². The molecule has 0 amide bonds. The molecule has 0 heterocycles. The van der Waals surface area contributed by atoms with Crippen LogP contribution in [0.2, 0.25) is 0 Å². The molecule has 2 N–H and O–H groups in total. The maximum Gasteiger partial charge on any atom is 0.303 e. The summed E-state index contributed by atoms with van der Waals surface area (Å²) in [6.45, 7) is 1.75. The number of carboxylic acid groups (broad SMARTS) is 1. The molecule has 0 aliphatic rings. The summed E-state index contributed by atoms with van der Waals surface area (Å²) in [4.78, 5) is 10.3. The van der Waals surface area contributed by atoms with Crippen LogP contribution in [0.4, 0.5) is 0 Å². The van der Waals surface area contributed by atoms with Gasteiger partial charge in [0, 0.05) is 16.9 Å². The molecule has 0 saturated heterocycles. The van der Waals surface area contributed by atoms with Gasteiger partial charge < -0.3 is 5.11 Å². The Hall–Kier alpha value is -0.920. The van der Waals surface area contributed by atoms with E-state index < -0.39 is 16.0 Å². The fourth-order valence-electron chi connectivity index (χ4n) is 1.56. The van der Waals surface area contributed by atoms with Crippen molar-refractivity contribution in [3.8, 4) is 0 Å². The summed E-state index contributed by atoms with van der Waals surface area (Å²) >= 11 is 3.31. The smallest absolute Gasteiger partial charge is 0.303 e. The molecule has 19 heavy (non-hydrogen) atoms. The van der Waals surface area contributed by atoms with Gasteiger partial charge >= 0.3 is 5.97 Å². The Morgan fingerprint density at radius 3 is 2.47 bits per heavy atom. The summed E-state index contributed by atoms with van der Waals surface area (Å²) in [5.74, 6) is -1.17. The van der Waals surface area contributed by atoms with E-state index in [1.807, 2.05) is 24.3 Å². The first-order valence-electron chi connectivity index (χ1n) is 5.77. The third kappa shape index (κ3) is 6.17. The van der Waals surface area contributed by atoms with E-state index in [2.05, 4.69) is 20.7 Å². The van der Waals surface area contributed by atoms with E-state index in [9.17, 15) is 13.2 Å². The fourth-order valence-corrected chi connectivity index (χ4v) is 3.14. The molecule has 1 rings (SSSR count). The van der Waals surface area contributed by atoms with Crippen LogP contribution in [0.5, 0.6) is 0 Å². The summed E-state index contributed by atoms with van der Waals surface area (Å²) < 4.78 is 27.0. The highest BCUT2D eigenvalue weighted by Gasteiger charge is 2.16. The van der Waals surface area contributed by atoms with E-state index in [0.29, 0.717) is 0 Å². The third-order valence-electron chi connectivity index (χ3n) is 2.53. The zero-order valence-corrected chi connectivity index (χ0v) is 12.9. The topological polar surface area (TPSA) is 83.5 Å². The Kier molecular flexibility index (Phi) is 5.96. The minimum absolute atomic E-state index is 0.109. The van der Waals surface area contributed by atoms with E-state index >= 15 is 0 Å². The van der Waals surface area contributed by atoms with Crippen molar-refractivity contribution in [2.45, 2.75) is 25.8 Å². The van der Waals surface area contributed by atoms with Gasteiger partial charge in [-0.15, -0.1) is 0 Å². The number of rotatable bonds is 7. The summed E-state index contributed by atoms with van der Waals surface area (Å²) in [7, 11) is -3.46. The highest BCUT2D eigenvalue weighted by atomic mass is 79.9. The summed E-state index contributed by atoms with van der Waals surface area (Å²) in [6.07, 6.45) is -0.0364. The quantitative estimate of drug-likeness (QED) is 0.790. The lowest BCUT2D eigenvalue weighted by Crippen LogP contribution is -2.29. The van der Waals surface area contributed by atoms with Crippen molar-refractivity contribution in [2.24, 2.45) is 0 Å². The number of halogens is 1. The number of carbonyl (C=O) groups is 1. The average molecular weight is 350 g/mol. The summed E-state index contributed by atoms with van der Waals surface area (Å²) in [5.41, 5.74) is 0.852. The van der Waals surface area contributed by atoms with Crippen LogP contribution in [-0.2, 0) is 14.8 Å². The normalized spacial score (nSPS) is 13.2. The highest BCUT2D eigenvalue weighted by Crippen LogP contribution is 2.17. The number of nitrogens with one attached hydrogen (secondary N) is 1. The van der Waals surface area contributed by atoms with Gasteiger partial charge in [0.05, 0.1) is 5.75 Å². The minimum Gasteiger partial charge on any atom is -0.481 e. The second-order valence-electron chi connectivity index (χ2n) is 4.21. The van der Waals surface area contributed by atoms with E-state index in [-0.39, 0.29) is 24.6 Å². The zero-order valence-electron chi connectivity index (χ0n) is 10.5.